The van der Waals surface area contributed by atoms with E-state index in [2.05, 4.69) is 5.32 Å². The molecule has 0 bridgehead atoms. The Bertz CT molecular complexity index is 1130. The number of piperazine rings is 1. The molecule has 8 nitrogen and oxygen atoms in total. The summed E-state index contributed by atoms with van der Waals surface area (Å²) in [6, 6.07) is 11.1. The van der Waals surface area contributed by atoms with Crippen molar-refractivity contribution >= 4 is 39.1 Å². The summed E-state index contributed by atoms with van der Waals surface area (Å²) in [5, 5.41) is 3.18. The van der Waals surface area contributed by atoms with Crippen molar-refractivity contribution in [3.8, 4) is 5.75 Å². The number of anilines is 1. The van der Waals surface area contributed by atoms with Crippen molar-refractivity contribution in [2.75, 3.05) is 31.5 Å². The molecule has 2 heterocycles. The molecule has 4 rings (SSSR count). The zero-order chi connectivity index (χ0) is 22.2. The van der Waals surface area contributed by atoms with Gasteiger partial charge in [0.1, 0.15) is 5.75 Å². The van der Waals surface area contributed by atoms with Crippen LogP contribution in [0.3, 0.4) is 0 Å². The standard InChI is InChI=1S/C21H22ClN3O5S/c1-2-18-20(26)23-17-13-16(6-7-19(17)30-18)31(28,29)25-10-8-24(9-11-25)21(27)14-4-3-5-15(22)12-14/h3-7,12-13,18H,2,8-11H2,1H3,(H,23,26). The average Bonchev–Trinajstić information content (AvgIpc) is 2.77. The number of halogens is 1. The predicted octanol–water partition coefficient (Wildman–Crippen LogP) is 2.60. The maximum absolute atomic E-state index is 13.1. The Morgan fingerprint density at radius 2 is 1.90 bits per heavy atom. The van der Waals surface area contributed by atoms with Crippen LogP contribution in [0.4, 0.5) is 5.69 Å². The second kappa shape index (κ2) is 8.49. The van der Waals surface area contributed by atoms with E-state index in [0.717, 1.165) is 0 Å². The molecule has 0 radical (unpaired) electrons. The van der Waals surface area contributed by atoms with Gasteiger partial charge in [0.2, 0.25) is 10.0 Å². The molecule has 1 atom stereocenters. The van der Waals surface area contributed by atoms with Crippen LogP contribution in [0, 0.1) is 0 Å². The van der Waals surface area contributed by atoms with Crippen molar-refractivity contribution in [2.24, 2.45) is 0 Å². The van der Waals surface area contributed by atoms with Gasteiger partial charge in [0.25, 0.3) is 11.8 Å². The predicted molar refractivity (Wildman–Crippen MR) is 116 cm³/mol. The first kappa shape index (κ1) is 21.6. The first-order valence-electron chi connectivity index (χ1n) is 9.96. The van der Waals surface area contributed by atoms with Crippen LogP contribution in [0.2, 0.25) is 5.02 Å². The highest BCUT2D eigenvalue weighted by molar-refractivity contribution is 7.89. The SMILES string of the molecule is CCC1Oc2ccc(S(=O)(=O)N3CCN(C(=O)c4cccc(Cl)c4)CC3)cc2NC1=O. The summed E-state index contributed by atoms with van der Waals surface area (Å²) in [6.45, 7) is 2.73. The van der Waals surface area contributed by atoms with E-state index >= 15 is 0 Å². The van der Waals surface area contributed by atoms with Gasteiger partial charge in [-0.05, 0) is 42.8 Å². The Morgan fingerprint density at radius 1 is 1.16 bits per heavy atom. The molecule has 1 saturated heterocycles. The summed E-state index contributed by atoms with van der Waals surface area (Å²) in [5.74, 6) is -0.0290. The molecule has 2 aliphatic heterocycles. The van der Waals surface area contributed by atoms with Crippen LogP contribution in [0.25, 0.3) is 0 Å². The average molecular weight is 464 g/mol. The van der Waals surface area contributed by atoms with Gasteiger partial charge in [-0.25, -0.2) is 8.42 Å². The summed E-state index contributed by atoms with van der Waals surface area (Å²) < 4.78 is 33.2. The van der Waals surface area contributed by atoms with Crippen LogP contribution in [-0.4, -0.2) is 61.7 Å². The molecule has 31 heavy (non-hydrogen) atoms. The summed E-state index contributed by atoms with van der Waals surface area (Å²) >= 11 is 5.96. The normalized spacial score (nSPS) is 19.4. The van der Waals surface area contributed by atoms with Gasteiger partial charge in [0.15, 0.2) is 6.10 Å². The molecule has 1 unspecified atom stereocenters. The minimum absolute atomic E-state index is 0.0692. The molecule has 0 aromatic heterocycles. The van der Waals surface area contributed by atoms with E-state index in [1.807, 2.05) is 6.92 Å². The molecule has 1 N–H and O–H groups in total. The number of hydrogen-bond donors (Lipinski definition) is 1. The van der Waals surface area contributed by atoms with Crippen molar-refractivity contribution in [2.45, 2.75) is 24.3 Å². The molecule has 2 aliphatic rings. The van der Waals surface area contributed by atoms with Crippen molar-refractivity contribution < 1.29 is 22.7 Å². The maximum Gasteiger partial charge on any atom is 0.265 e. The first-order valence-corrected chi connectivity index (χ1v) is 11.8. The maximum atomic E-state index is 13.1. The van der Waals surface area contributed by atoms with Gasteiger partial charge in [-0.3, -0.25) is 9.59 Å². The lowest BCUT2D eigenvalue weighted by molar-refractivity contribution is -0.123. The van der Waals surface area contributed by atoms with Crippen molar-refractivity contribution in [3.05, 3.63) is 53.1 Å². The Labute approximate surface area is 185 Å². The van der Waals surface area contributed by atoms with Crippen LogP contribution in [0.15, 0.2) is 47.4 Å². The monoisotopic (exact) mass is 463 g/mol. The van der Waals surface area contributed by atoms with Crippen LogP contribution < -0.4 is 10.1 Å². The third kappa shape index (κ3) is 4.26. The largest absolute Gasteiger partial charge is 0.478 e. The minimum Gasteiger partial charge on any atom is -0.478 e. The van der Waals surface area contributed by atoms with E-state index in [1.165, 1.54) is 16.4 Å². The van der Waals surface area contributed by atoms with Crippen LogP contribution in [0.5, 0.6) is 5.75 Å². The highest BCUT2D eigenvalue weighted by Crippen LogP contribution is 2.33. The Morgan fingerprint density at radius 3 is 2.58 bits per heavy atom. The molecule has 2 amide bonds. The van der Waals surface area contributed by atoms with E-state index in [-0.39, 0.29) is 42.9 Å². The topological polar surface area (TPSA) is 96.0 Å². The fraction of sp³-hybridized carbons (Fsp3) is 0.333. The third-order valence-corrected chi connectivity index (χ3v) is 7.51. The number of fused-ring (bicyclic) bond motifs is 1. The number of rotatable bonds is 4. The van der Waals surface area contributed by atoms with Gasteiger partial charge in [0.05, 0.1) is 10.6 Å². The molecule has 1 fully saturated rings. The van der Waals surface area contributed by atoms with Crippen LogP contribution >= 0.6 is 11.6 Å². The number of nitrogens with zero attached hydrogens (tertiary/aromatic N) is 2. The van der Waals surface area contributed by atoms with E-state index in [1.54, 1.807) is 35.2 Å². The molecule has 2 aromatic rings. The summed E-state index contributed by atoms with van der Waals surface area (Å²) in [5.41, 5.74) is 0.810. The zero-order valence-electron chi connectivity index (χ0n) is 16.9. The number of amides is 2. The molecule has 2 aromatic carbocycles. The van der Waals surface area contributed by atoms with Gasteiger partial charge in [-0.15, -0.1) is 0 Å². The number of ether oxygens (including phenoxy) is 1. The first-order chi connectivity index (χ1) is 14.8. The van der Waals surface area contributed by atoms with E-state index in [0.29, 0.717) is 28.4 Å². The lowest BCUT2D eigenvalue weighted by Crippen LogP contribution is -2.50. The van der Waals surface area contributed by atoms with E-state index in [4.69, 9.17) is 16.3 Å². The van der Waals surface area contributed by atoms with Gasteiger partial charge < -0.3 is 15.0 Å². The molecular formula is C21H22ClN3O5S. The molecule has 0 saturated carbocycles. The number of carbonyl (C=O) groups excluding carboxylic acids is 2. The van der Waals surface area contributed by atoms with Gasteiger partial charge in [0, 0.05) is 36.8 Å². The van der Waals surface area contributed by atoms with Crippen LogP contribution in [-0.2, 0) is 14.8 Å². The van der Waals surface area contributed by atoms with Crippen molar-refractivity contribution in [1.29, 1.82) is 0 Å². The van der Waals surface area contributed by atoms with E-state index < -0.39 is 16.1 Å². The van der Waals surface area contributed by atoms with Crippen molar-refractivity contribution in [3.63, 3.8) is 0 Å². The quantitative estimate of drug-likeness (QED) is 0.751. The second-order valence-electron chi connectivity index (χ2n) is 7.37. The second-order valence-corrected chi connectivity index (χ2v) is 9.74. The number of benzene rings is 2. The zero-order valence-corrected chi connectivity index (χ0v) is 18.4. The molecular weight excluding hydrogens is 442 g/mol. The highest BCUT2D eigenvalue weighted by atomic mass is 35.5. The number of hydrogen-bond acceptors (Lipinski definition) is 5. The Balaban J connectivity index is 1.47. The number of sulfonamides is 1. The van der Waals surface area contributed by atoms with E-state index in [9.17, 15) is 18.0 Å². The van der Waals surface area contributed by atoms with Gasteiger partial charge in [-0.2, -0.15) is 4.31 Å². The summed E-state index contributed by atoms with van der Waals surface area (Å²) in [4.78, 5) is 26.4. The number of carbonyl (C=O) groups is 2. The number of nitrogens with one attached hydrogen (secondary N) is 1. The van der Waals surface area contributed by atoms with Crippen LogP contribution in [0.1, 0.15) is 23.7 Å². The molecule has 0 aliphatic carbocycles. The summed E-state index contributed by atoms with van der Waals surface area (Å²) in [6.07, 6.45) is -0.0659. The Hall–Kier alpha value is -2.62. The smallest absolute Gasteiger partial charge is 0.265 e. The lowest BCUT2D eigenvalue weighted by Gasteiger charge is -2.34. The lowest BCUT2D eigenvalue weighted by atomic mass is 10.2. The molecule has 164 valence electrons. The van der Waals surface area contributed by atoms with Gasteiger partial charge in [-0.1, -0.05) is 24.6 Å². The fourth-order valence-electron chi connectivity index (χ4n) is 3.64. The summed E-state index contributed by atoms with van der Waals surface area (Å²) in [7, 11) is -3.79. The van der Waals surface area contributed by atoms with Gasteiger partial charge >= 0.3 is 0 Å². The highest BCUT2D eigenvalue weighted by Gasteiger charge is 2.32. The fourth-order valence-corrected chi connectivity index (χ4v) is 5.28. The third-order valence-electron chi connectivity index (χ3n) is 5.38. The minimum atomic E-state index is -3.79. The molecule has 0 spiro atoms. The Kier molecular flexibility index (Phi) is 5.92. The molecule has 10 heteroatoms. The van der Waals surface area contributed by atoms with Crippen molar-refractivity contribution in [1.82, 2.24) is 9.21 Å².